The third-order valence-corrected chi connectivity index (χ3v) is 4.16. The minimum atomic E-state index is -0.185. The van der Waals surface area contributed by atoms with E-state index in [0.29, 0.717) is 17.2 Å². The first-order valence-corrected chi connectivity index (χ1v) is 7.02. The number of carbonyl (C=O) groups excluding carboxylic acids is 1. The number of piperazine rings is 1. The molecule has 0 saturated carbocycles. The molecule has 1 aromatic rings. The zero-order valence-corrected chi connectivity index (χ0v) is 11.9. The Balaban J connectivity index is 2.07. The summed E-state index contributed by atoms with van der Waals surface area (Å²) in [6.45, 7) is 7.82. The van der Waals surface area contributed by atoms with Crippen molar-refractivity contribution in [3.05, 3.63) is 17.5 Å². The van der Waals surface area contributed by atoms with Gasteiger partial charge in [0.25, 0.3) is 5.91 Å². The van der Waals surface area contributed by atoms with Gasteiger partial charge in [-0.1, -0.05) is 17.4 Å². The molecule has 1 aromatic heterocycles. The summed E-state index contributed by atoms with van der Waals surface area (Å²) in [6, 6.07) is 0. The molecule has 104 valence electrons. The fraction of sp³-hybridized carbons (Fsp3) is 0.500. The summed E-state index contributed by atoms with van der Waals surface area (Å²) in [5.41, 5.74) is 5.82. The number of nitrogens with zero attached hydrogens (tertiary/aromatic N) is 3. The maximum absolute atomic E-state index is 11.9. The molecule has 7 heteroatoms. The molecule has 0 bridgehead atoms. The normalized spacial score (nSPS) is 16.4. The largest absolute Gasteiger partial charge is 0.382 e. The smallest absolute Gasteiger partial charge is 0.265 e. The summed E-state index contributed by atoms with van der Waals surface area (Å²) in [4.78, 5) is 21.1. The number of nitrogen functional groups attached to an aromatic ring is 1. The van der Waals surface area contributed by atoms with Gasteiger partial charge in [-0.05, 0) is 7.05 Å². The van der Waals surface area contributed by atoms with Crippen LogP contribution in [-0.4, -0.2) is 55.6 Å². The Morgan fingerprint density at radius 3 is 2.84 bits per heavy atom. The summed E-state index contributed by atoms with van der Waals surface area (Å²) >= 11 is 1.35. The number of aromatic nitrogens is 1. The second-order valence-corrected chi connectivity index (χ2v) is 5.48. The van der Waals surface area contributed by atoms with E-state index in [-0.39, 0.29) is 5.91 Å². The summed E-state index contributed by atoms with van der Waals surface area (Å²) < 4.78 is 0. The van der Waals surface area contributed by atoms with Gasteiger partial charge in [0.1, 0.15) is 10.7 Å². The van der Waals surface area contributed by atoms with Crippen LogP contribution < -0.4 is 16.0 Å². The lowest BCUT2D eigenvalue weighted by molar-refractivity contribution is 0.0962. The number of likely N-dealkylation sites (N-methyl/N-ethyl adjacent to an activating group) is 1. The van der Waals surface area contributed by atoms with Crippen molar-refractivity contribution in [1.29, 1.82) is 0 Å². The second kappa shape index (κ2) is 6.03. The molecule has 1 aliphatic rings. The Bertz CT molecular complexity index is 465. The lowest BCUT2D eigenvalue weighted by atomic mass is 10.3. The number of nitrogens with one attached hydrogen (secondary N) is 1. The van der Waals surface area contributed by atoms with Gasteiger partial charge < -0.3 is 20.9 Å². The first-order chi connectivity index (χ1) is 9.11. The lowest BCUT2D eigenvalue weighted by Crippen LogP contribution is -2.44. The minimum absolute atomic E-state index is 0.185. The molecule has 1 saturated heterocycles. The van der Waals surface area contributed by atoms with Crippen LogP contribution in [0.15, 0.2) is 12.7 Å². The van der Waals surface area contributed by atoms with Crippen LogP contribution in [0.4, 0.5) is 10.9 Å². The summed E-state index contributed by atoms with van der Waals surface area (Å²) in [7, 11) is 2.10. The molecular weight excluding hydrogens is 262 g/mol. The van der Waals surface area contributed by atoms with E-state index < -0.39 is 0 Å². The predicted molar refractivity (Wildman–Crippen MR) is 78.8 cm³/mol. The summed E-state index contributed by atoms with van der Waals surface area (Å²) in [5.74, 6) is 0.121. The zero-order chi connectivity index (χ0) is 13.8. The highest BCUT2D eigenvalue weighted by Crippen LogP contribution is 2.28. The number of thiazole rings is 1. The van der Waals surface area contributed by atoms with E-state index in [0.717, 1.165) is 31.3 Å². The molecule has 0 unspecified atom stereocenters. The van der Waals surface area contributed by atoms with Gasteiger partial charge in [-0.3, -0.25) is 4.79 Å². The van der Waals surface area contributed by atoms with Gasteiger partial charge in [0.15, 0.2) is 5.13 Å². The number of nitrogens with two attached hydrogens (primary N) is 1. The SMILES string of the molecule is C=CCNC(=O)c1sc(N2CCN(C)CC2)nc1N. The Morgan fingerprint density at radius 1 is 1.53 bits per heavy atom. The van der Waals surface area contributed by atoms with Crippen LogP contribution in [0.25, 0.3) is 0 Å². The summed E-state index contributed by atoms with van der Waals surface area (Å²) in [6.07, 6.45) is 1.64. The van der Waals surface area contributed by atoms with Crippen molar-refractivity contribution >= 4 is 28.2 Å². The van der Waals surface area contributed by atoms with Crippen molar-refractivity contribution < 1.29 is 4.79 Å². The molecule has 6 nitrogen and oxygen atoms in total. The van der Waals surface area contributed by atoms with E-state index >= 15 is 0 Å². The molecule has 0 aromatic carbocycles. The van der Waals surface area contributed by atoms with E-state index in [2.05, 4.69) is 33.7 Å². The van der Waals surface area contributed by atoms with Crippen LogP contribution in [0.1, 0.15) is 9.67 Å². The average molecular weight is 281 g/mol. The van der Waals surface area contributed by atoms with Crippen LogP contribution in [-0.2, 0) is 0 Å². The molecule has 0 radical (unpaired) electrons. The maximum Gasteiger partial charge on any atom is 0.265 e. The van der Waals surface area contributed by atoms with Crippen molar-refractivity contribution in [2.24, 2.45) is 0 Å². The van der Waals surface area contributed by atoms with Gasteiger partial charge in [-0.2, -0.15) is 0 Å². The number of carbonyl (C=O) groups is 1. The number of anilines is 2. The van der Waals surface area contributed by atoms with E-state index in [1.54, 1.807) is 6.08 Å². The molecule has 19 heavy (non-hydrogen) atoms. The van der Waals surface area contributed by atoms with Gasteiger partial charge in [0, 0.05) is 32.7 Å². The monoisotopic (exact) mass is 281 g/mol. The van der Waals surface area contributed by atoms with E-state index in [1.165, 1.54) is 11.3 Å². The van der Waals surface area contributed by atoms with Crippen molar-refractivity contribution in [3.8, 4) is 0 Å². The number of amides is 1. The quantitative estimate of drug-likeness (QED) is 0.781. The number of rotatable bonds is 4. The molecule has 1 aliphatic heterocycles. The zero-order valence-electron chi connectivity index (χ0n) is 11.1. The Hall–Kier alpha value is -1.60. The topological polar surface area (TPSA) is 74.5 Å². The van der Waals surface area contributed by atoms with Gasteiger partial charge >= 0.3 is 0 Å². The van der Waals surface area contributed by atoms with Gasteiger partial charge in [-0.15, -0.1) is 6.58 Å². The van der Waals surface area contributed by atoms with Crippen molar-refractivity contribution in [3.63, 3.8) is 0 Å². The Labute approximate surface area is 116 Å². The van der Waals surface area contributed by atoms with Gasteiger partial charge in [0.05, 0.1) is 0 Å². The average Bonchev–Trinajstić information content (AvgIpc) is 2.79. The molecule has 0 atom stereocenters. The fourth-order valence-electron chi connectivity index (χ4n) is 1.86. The molecule has 1 fully saturated rings. The van der Waals surface area contributed by atoms with Gasteiger partial charge in [-0.25, -0.2) is 4.98 Å². The van der Waals surface area contributed by atoms with Crippen LogP contribution in [0.2, 0.25) is 0 Å². The molecule has 1 amide bonds. The standard InChI is InChI=1S/C12H19N5OS/c1-3-4-14-11(18)9-10(13)15-12(19-9)17-7-5-16(2)6-8-17/h3H,1,4-8,13H2,2H3,(H,14,18). The first-order valence-electron chi connectivity index (χ1n) is 6.20. The second-order valence-electron chi connectivity index (χ2n) is 4.50. The molecular formula is C12H19N5OS. The maximum atomic E-state index is 11.9. The van der Waals surface area contributed by atoms with E-state index in [4.69, 9.17) is 5.73 Å². The van der Waals surface area contributed by atoms with E-state index in [9.17, 15) is 4.79 Å². The highest BCUT2D eigenvalue weighted by atomic mass is 32.1. The Kier molecular flexibility index (Phi) is 4.39. The number of hydrogen-bond acceptors (Lipinski definition) is 6. The molecule has 0 aliphatic carbocycles. The summed E-state index contributed by atoms with van der Waals surface area (Å²) in [5, 5.41) is 3.55. The number of hydrogen-bond donors (Lipinski definition) is 2. The highest BCUT2D eigenvalue weighted by Gasteiger charge is 2.21. The van der Waals surface area contributed by atoms with Crippen LogP contribution >= 0.6 is 11.3 Å². The highest BCUT2D eigenvalue weighted by molar-refractivity contribution is 7.18. The van der Waals surface area contributed by atoms with Crippen molar-refractivity contribution in [2.45, 2.75) is 0 Å². The third kappa shape index (κ3) is 3.24. The first kappa shape index (κ1) is 13.8. The van der Waals surface area contributed by atoms with Crippen LogP contribution in [0.5, 0.6) is 0 Å². The molecule has 2 rings (SSSR count). The van der Waals surface area contributed by atoms with Crippen LogP contribution in [0.3, 0.4) is 0 Å². The van der Waals surface area contributed by atoms with Crippen LogP contribution in [0, 0.1) is 0 Å². The molecule has 3 N–H and O–H groups in total. The molecule has 2 heterocycles. The third-order valence-electron chi connectivity index (χ3n) is 3.03. The molecule has 0 spiro atoms. The van der Waals surface area contributed by atoms with Crippen molar-refractivity contribution in [1.82, 2.24) is 15.2 Å². The fourth-order valence-corrected chi connectivity index (χ4v) is 2.81. The van der Waals surface area contributed by atoms with Gasteiger partial charge in [0.2, 0.25) is 0 Å². The Morgan fingerprint density at radius 2 is 2.21 bits per heavy atom. The predicted octanol–water partition coefficient (Wildman–Crippen LogP) is 0.393. The minimum Gasteiger partial charge on any atom is -0.382 e. The lowest BCUT2D eigenvalue weighted by Gasteiger charge is -2.31. The van der Waals surface area contributed by atoms with E-state index in [1.807, 2.05) is 0 Å². The van der Waals surface area contributed by atoms with Crippen molar-refractivity contribution in [2.75, 3.05) is 50.4 Å².